The fourth-order valence-electron chi connectivity index (χ4n) is 3.22. The molecule has 0 saturated carbocycles. The van der Waals surface area contributed by atoms with Gasteiger partial charge in [-0.05, 0) is 24.2 Å². The van der Waals surface area contributed by atoms with Gasteiger partial charge in [0.1, 0.15) is 0 Å². The van der Waals surface area contributed by atoms with E-state index in [9.17, 15) is 14.7 Å². The third-order valence-corrected chi connectivity index (χ3v) is 3.97. The van der Waals surface area contributed by atoms with Gasteiger partial charge in [-0.25, -0.2) is 0 Å². The maximum absolute atomic E-state index is 12.6. The van der Waals surface area contributed by atoms with E-state index in [1.165, 1.54) is 0 Å². The molecule has 0 aromatic carbocycles. The first kappa shape index (κ1) is 18.9. The average Bonchev–Trinajstić information content (AvgIpc) is 2.35. The number of nitrogens with zero attached hydrogens (tertiary/aromatic N) is 2. The summed E-state index contributed by atoms with van der Waals surface area (Å²) in [6.07, 6.45) is 0.710. The van der Waals surface area contributed by atoms with Gasteiger partial charge in [-0.1, -0.05) is 34.6 Å². The van der Waals surface area contributed by atoms with Crippen molar-refractivity contribution in [1.29, 1.82) is 0 Å². The lowest BCUT2D eigenvalue weighted by molar-refractivity contribution is -0.146. The average molecular weight is 312 g/mol. The van der Waals surface area contributed by atoms with Crippen LogP contribution >= 0.6 is 0 Å². The van der Waals surface area contributed by atoms with Crippen LogP contribution in [0.3, 0.4) is 0 Å². The van der Waals surface area contributed by atoms with Gasteiger partial charge in [0.2, 0.25) is 5.91 Å². The minimum atomic E-state index is -0.745. The van der Waals surface area contributed by atoms with Crippen LogP contribution in [0.25, 0.3) is 0 Å². The van der Waals surface area contributed by atoms with Gasteiger partial charge in [0.15, 0.2) is 0 Å². The molecule has 0 aromatic heterocycles. The summed E-state index contributed by atoms with van der Waals surface area (Å²) in [7, 11) is 0. The Morgan fingerprint density at radius 3 is 2.14 bits per heavy atom. The maximum atomic E-state index is 12.6. The van der Waals surface area contributed by atoms with Crippen molar-refractivity contribution >= 4 is 11.9 Å². The Balaban J connectivity index is 2.64. The molecule has 1 amide bonds. The number of hydrogen-bond acceptors (Lipinski definition) is 3. The van der Waals surface area contributed by atoms with Crippen LogP contribution in [0.15, 0.2) is 0 Å². The van der Waals surface area contributed by atoms with E-state index in [1.54, 1.807) is 0 Å². The Labute approximate surface area is 134 Å². The number of aliphatic carboxylic acids is 1. The second-order valence-electron chi connectivity index (χ2n) is 7.66. The number of likely N-dealkylation sites (tertiary alicyclic amines) is 1. The molecule has 1 rings (SSSR count). The summed E-state index contributed by atoms with van der Waals surface area (Å²) in [5.74, 6) is 0.238. The number of carboxylic acid groups (broad SMARTS) is 1. The monoisotopic (exact) mass is 312 g/mol. The molecule has 0 aromatic rings. The number of carboxylic acids is 1. The number of carbonyl (C=O) groups excluding carboxylic acids is 1. The molecule has 0 aliphatic carbocycles. The molecule has 22 heavy (non-hydrogen) atoms. The Morgan fingerprint density at radius 2 is 1.68 bits per heavy atom. The van der Waals surface area contributed by atoms with Crippen molar-refractivity contribution in [2.45, 2.75) is 41.0 Å². The molecule has 1 fully saturated rings. The Morgan fingerprint density at radius 1 is 1.14 bits per heavy atom. The van der Waals surface area contributed by atoms with Crippen molar-refractivity contribution in [3.63, 3.8) is 0 Å². The van der Waals surface area contributed by atoms with E-state index in [0.29, 0.717) is 37.3 Å². The fraction of sp³-hybridized carbons (Fsp3) is 0.882. The predicted octanol–water partition coefficient (Wildman–Crippen LogP) is 2.17. The SMILES string of the molecule is CC(C)CN(CC(C)C)C(=O)CN1CC(C)CC(C(=O)O)C1. The second-order valence-corrected chi connectivity index (χ2v) is 7.66. The lowest BCUT2D eigenvalue weighted by atomic mass is 9.90. The largest absolute Gasteiger partial charge is 0.481 e. The van der Waals surface area contributed by atoms with Crippen molar-refractivity contribution in [2.24, 2.45) is 23.7 Å². The third-order valence-electron chi connectivity index (χ3n) is 3.97. The standard InChI is InChI=1S/C17H32N2O3/c1-12(2)7-19(8-13(3)4)16(20)11-18-9-14(5)6-15(10-18)17(21)22/h12-15H,6-11H2,1-5H3,(H,21,22). The van der Waals surface area contributed by atoms with Gasteiger partial charge < -0.3 is 10.0 Å². The fourth-order valence-corrected chi connectivity index (χ4v) is 3.22. The highest BCUT2D eigenvalue weighted by Crippen LogP contribution is 2.21. The topological polar surface area (TPSA) is 60.9 Å². The Bertz CT molecular complexity index is 372. The number of carbonyl (C=O) groups is 2. The van der Waals surface area contributed by atoms with Crippen molar-refractivity contribution in [2.75, 3.05) is 32.7 Å². The highest BCUT2D eigenvalue weighted by molar-refractivity contribution is 5.78. The quantitative estimate of drug-likeness (QED) is 0.782. The lowest BCUT2D eigenvalue weighted by Gasteiger charge is -2.36. The summed E-state index contributed by atoms with van der Waals surface area (Å²) in [5.41, 5.74) is 0. The highest BCUT2D eigenvalue weighted by atomic mass is 16.4. The van der Waals surface area contributed by atoms with Gasteiger partial charge in [0.05, 0.1) is 12.5 Å². The van der Waals surface area contributed by atoms with E-state index < -0.39 is 5.97 Å². The van der Waals surface area contributed by atoms with Crippen LogP contribution < -0.4 is 0 Å². The summed E-state index contributed by atoms with van der Waals surface area (Å²) in [5, 5.41) is 9.23. The Kier molecular flexibility index (Phi) is 7.33. The predicted molar refractivity (Wildman–Crippen MR) is 87.6 cm³/mol. The minimum absolute atomic E-state index is 0.126. The molecule has 1 aliphatic rings. The molecule has 5 heteroatoms. The zero-order valence-electron chi connectivity index (χ0n) is 14.7. The van der Waals surface area contributed by atoms with Crippen LogP contribution in [0.4, 0.5) is 0 Å². The summed E-state index contributed by atoms with van der Waals surface area (Å²) >= 11 is 0. The first-order valence-corrected chi connectivity index (χ1v) is 8.42. The van der Waals surface area contributed by atoms with E-state index in [0.717, 1.165) is 19.6 Å². The van der Waals surface area contributed by atoms with Gasteiger partial charge in [0.25, 0.3) is 0 Å². The van der Waals surface area contributed by atoms with Gasteiger partial charge in [-0.15, -0.1) is 0 Å². The summed E-state index contributed by atoms with van der Waals surface area (Å²) in [6, 6.07) is 0. The van der Waals surface area contributed by atoms with E-state index in [-0.39, 0.29) is 11.8 Å². The zero-order valence-corrected chi connectivity index (χ0v) is 14.7. The second kappa shape index (κ2) is 8.51. The summed E-state index contributed by atoms with van der Waals surface area (Å²) in [6.45, 7) is 13.7. The molecule has 0 bridgehead atoms. The molecule has 0 spiro atoms. The van der Waals surface area contributed by atoms with Gasteiger partial charge >= 0.3 is 5.97 Å². The third kappa shape index (κ3) is 6.34. The van der Waals surface area contributed by atoms with Crippen LogP contribution in [0.2, 0.25) is 0 Å². The summed E-state index contributed by atoms with van der Waals surface area (Å²) in [4.78, 5) is 27.8. The summed E-state index contributed by atoms with van der Waals surface area (Å²) < 4.78 is 0. The number of piperidine rings is 1. The van der Waals surface area contributed by atoms with E-state index >= 15 is 0 Å². The molecular formula is C17H32N2O3. The molecule has 1 aliphatic heterocycles. The number of hydrogen-bond donors (Lipinski definition) is 1. The van der Waals surface area contributed by atoms with Crippen molar-refractivity contribution in [1.82, 2.24) is 9.80 Å². The van der Waals surface area contributed by atoms with Crippen LogP contribution in [0, 0.1) is 23.7 Å². The molecular weight excluding hydrogens is 280 g/mol. The van der Waals surface area contributed by atoms with Crippen LogP contribution in [0.5, 0.6) is 0 Å². The van der Waals surface area contributed by atoms with Crippen LogP contribution in [0.1, 0.15) is 41.0 Å². The maximum Gasteiger partial charge on any atom is 0.307 e. The molecule has 128 valence electrons. The number of rotatable bonds is 7. The molecule has 1 saturated heterocycles. The highest BCUT2D eigenvalue weighted by Gasteiger charge is 2.31. The lowest BCUT2D eigenvalue weighted by Crippen LogP contribution is -2.49. The first-order chi connectivity index (χ1) is 10.2. The molecule has 2 unspecified atom stereocenters. The van der Waals surface area contributed by atoms with Crippen LogP contribution in [-0.2, 0) is 9.59 Å². The minimum Gasteiger partial charge on any atom is -0.481 e. The molecule has 1 heterocycles. The van der Waals surface area contributed by atoms with Crippen LogP contribution in [-0.4, -0.2) is 59.5 Å². The first-order valence-electron chi connectivity index (χ1n) is 8.42. The van der Waals surface area contributed by atoms with Crippen molar-refractivity contribution in [3.05, 3.63) is 0 Å². The van der Waals surface area contributed by atoms with Gasteiger partial charge in [0, 0.05) is 26.2 Å². The van der Waals surface area contributed by atoms with Gasteiger partial charge in [-0.3, -0.25) is 14.5 Å². The van der Waals surface area contributed by atoms with Gasteiger partial charge in [-0.2, -0.15) is 0 Å². The molecule has 2 atom stereocenters. The zero-order chi connectivity index (χ0) is 16.9. The normalized spacial score (nSPS) is 23.0. The Hall–Kier alpha value is -1.10. The molecule has 5 nitrogen and oxygen atoms in total. The smallest absolute Gasteiger partial charge is 0.307 e. The van der Waals surface area contributed by atoms with Crippen molar-refractivity contribution in [3.8, 4) is 0 Å². The van der Waals surface area contributed by atoms with E-state index in [4.69, 9.17) is 0 Å². The molecule has 0 radical (unpaired) electrons. The number of amides is 1. The molecule has 1 N–H and O–H groups in total. The van der Waals surface area contributed by atoms with E-state index in [1.807, 2.05) is 9.80 Å². The van der Waals surface area contributed by atoms with Crippen molar-refractivity contribution < 1.29 is 14.7 Å². The van der Waals surface area contributed by atoms with E-state index in [2.05, 4.69) is 34.6 Å².